The normalized spacial score (nSPS) is 11.1. The molecule has 21 heavy (non-hydrogen) atoms. The summed E-state index contributed by atoms with van der Waals surface area (Å²) in [4.78, 5) is 0. The first kappa shape index (κ1) is 13.8. The molecule has 0 aliphatic rings. The summed E-state index contributed by atoms with van der Waals surface area (Å²) in [5, 5.41) is 9.20. The molecule has 0 radical (unpaired) electrons. The van der Waals surface area contributed by atoms with E-state index in [4.69, 9.17) is 0 Å². The quantitative estimate of drug-likeness (QED) is 0.699. The van der Waals surface area contributed by atoms with E-state index < -0.39 is 0 Å². The molecule has 0 fully saturated rings. The minimum absolute atomic E-state index is 0.817. The van der Waals surface area contributed by atoms with E-state index in [1.54, 1.807) is 0 Å². The van der Waals surface area contributed by atoms with Crippen molar-refractivity contribution >= 4 is 10.9 Å². The number of hydrogen-bond acceptors (Lipinski definition) is 2. The average Bonchev–Trinajstić information content (AvgIpc) is 2.93. The third kappa shape index (κ3) is 3.14. The summed E-state index contributed by atoms with van der Waals surface area (Å²) < 4.78 is 2.08. The van der Waals surface area contributed by atoms with Crippen LogP contribution in [-0.2, 0) is 13.1 Å². The molecule has 3 rings (SSSR count). The Hall–Kier alpha value is -2.13. The Morgan fingerprint density at radius 3 is 2.62 bits per heavy atom. The minimum atomic E-state index is 0.817. The van der Waals surface area contributed by atoms with Gasteiger partial charge in [0.25, 0.3) is 0 Å². The van der Waals surface area contributed by atoms with Crippen molar-refractivity contribution < 1.29 is 0 Å². The largest absolute Gasteiger partial charge is 0.313 e. The van der Waals surface area contributed by atoms with Gasteiger partial charge in [-0.2, -0.15) is 5.10 Å². The number of hydrogen-bond donors (Lipinski definition) is 1. The van der Waals surface area contributed by atoms with Crippen LogP contribution < -0.4 is 5.32 Å². The summed E-state index contributed by atoms with van der Waals surface area (Å²) in [6.45, 7) is 4.98. The summed E-state index contributed by atoms with van der Waals surface area (Å²) in [6, 6.07) is 16.9. The fraction of sp³-hybridized carbons (Fsp3) is 0.278. The predicted molar refractivity (Wildman–Crippen MR) is 87.3 cm³/mol. The van der Waals surface area contributed by atoms with Crippen molar-refractivity contribution in [2.45, 2.75) is 26.4 Å². The van der Waals surface area contributed by atoms with Crippen LogP contribution in [0, 0.1) is 0 Å². The molecule has 0 spiro atoms. The molecule has 0 amide bonds. The second-order valence-electron chi connectivity index (χ2n) is 5.31. The van der Waals surface area contributed by atoms with Gasteiger partial charge in [0.2, 0.25) is 0 Å². The van der Waals surface area contributed by atoms with Crippen LogP contribution in [0.5, 0.6) is 0 Å². The molecular weight excluding hydrogens is 258 g/mol. The molecule has 3 nitrogen and oxygen atoms in total. The van der Waals surface area contributed by atoms with Crippen molar-refractivity contribution in [1.29, 1.82) is 0 Å². The lowest BCUT2D eigenvalue weighted by molar-refractivity contribution is 0.657. The summed E-state index contributed by atoms with van der Waals surface area (Å²) in [7, 11) is 0. The lowest BCUT2D eigenvalue weighted by atomic mass is 10.1. The van der Waals surface area contributed by atoms with Gasteiger partial charge in [0, 0.05) is 11.9 Å². The SMILES string of the molecule is CCCNCc1ccccc1Cn1ncc2ccccc21. The molecule has 1 aromatic heterocycles. The molecule has 0 unspecified atom stereocenters. The molecule has 3 heteroatoms. The molecule has 3 aromatic rings. The first-order chi connectivity index (χ1) is 10.4. The van der Waals surface area contributed by atoms with Crippen LogP contribution in [0.1, 0.15) is 24.5 Å². The Balaban J connectivity index is 1.84. The first-order valence-electron chi connectivity index (χ1n) is 7.56. The number of nitrogens with zero attached hydrogens (tertiary/aromatic N) is 2. The fourth-order valence-electron chi connectivity index (χ4n) is 2.60. The van der Waals surface area contributed by atoms with Crippen molar-refractivity contribution in [3.63, 3.8) is 0 Å². The molecule has 1 heterocycles. The standard InChI is InChI=1S/C18H21N3/c1-2-11-19-12-15-7-3-4-9-17(15)14-21-18-10-6-5-8-16(18)13-20-21/h3-10,13,19H,2,11-12,14H2,1H3. The van der Waals surface area contributed by atoms with Crippen molar-refractivity contribution in [3.05, 3.63) is 65.9 Å². The van der Waals surface area contributed by atoms with E-state index in [1.807, 2.05) is 6.20 Å². The lowest BCUT2D eigenvalue weighted by Gasteiger charge is -2.11. The van der Waals surface area contributed by atoms with E-state index in [0.29, 0.717) is 0 Å². The molecular formula is C18H21N3. The van der Waals surface area contributed by atoms with Gasteiger partial charge in [-0.25, -0.2) is 0 Å². The molecule has 0 saturated heterocycles. The zero-order valence-electron chi connectivity index (χ0n) is 12.4. The zero-order chi connectivity index (χ0) is 14.5. The van der Waals surface area contributed by atoms with Crippen molar-refractivity contribution in [3.8, 4) is 0 Å². The maximum absolute atomic E-state index is 4.52. The first-order valence-corrected chi connectivity index (χ1v) is 7.56. The van der Waals surface area contributed by atoms with Gasteiger partial charge in [-0.15, -0.1) is 0 Å². The Morgan fingerprint density at radius 1 is 1.00 bits per heavy atom. The van der Waals surface area contributed by atoms with Gasteiger partial charge in [-0.1, -0.05) is 49.4 Å². The van der Waals surface area contributed by atoms with E-state index in [9.17, 15) is 0 Å². The van der Waals surface area contributed by atoms with E-state index in [0.717, 1.165) is 26.1 Å². The number of rotatable bonds is 6. The zero-order valence-corrected chi connectivity index (χ0v) is 12.4. The van der Waals surface area contributed by atoms with Gasteiger partial charge in [0.05, 0.1) is 18.3 Å². The van der Waals surface area contributed by atoms with E-state index in [1.165, 1.54) is 22.0 Å². The fourth-order valence-corrected chi connectivity index (χ4v) is 2.60. The van der Waals surface area contributed by atoms with E-state index in [2.05, 4.69) is 70.6 Å². The highest BCUT2D eigenvalue weighted by Crippen LogP contribution is 2.16. The predicted octanol–water partition coefficient (Wildman–Crippen LogP) is 3.58. The summed E-state index contributed by atoms with van der Waals surface area (Å²) in [5.74, 6) is 0. The van der Waals surface area contributed by atoms with Gasteiger partial charge in [0.15, 0.2) is 0 Å². The van der Waals surface area contributed by atoms with E-state index in [-0.39, 0.29) is 0 Å². The summed E-state index contributed by atoms with van der Waals surface area (Å²) >= 11 is 0. The molecule has 108 valence electrons. The number of fused-ring (bicyclic) bond motifs is 1. The van der Waals surface area contributed by atoms with Crippen molar-refractivity contribution in [2.75, 3.05) is 6.54 Å². The van der Waals surface area contributed by atoms with Gasteiger partial charge < -0.3 is 5.32 Å². The highest BCUT2D eigenvalue weighted by Gasteiger charge is 2.06. The number of aromatic nitrogens is 2. The van der Waals surface area contributed by atoms with Crippen LogP contribution in [0.2, 0.25) is 0 Å². The second kappa shape index (κ2) is 6.55. The number of nitrogens with one attached hydrogen (secondary N) is 1. The second-order valence-corrected chi connectivity index (χ2v) is 5.31. The Bertz CT molecular complexity index is 715. The van der Waals surface area contributed by atoms with E-state index >= 15 is 0 Å². The molecule has 0 saturated carbocycles. The van der Waals surface area contributed by atoms with Gasteiger partial charge in [-0.3, -0.25) is 4.68 Å². The van der Waals surface area contributed by atoms with Crippen LogP contribution in [0.25, 0.3) is 10.9 Å². The molecule has 0 atom stereocenters. The van der Waals surface area contributed by atoms with Crippen LogP contribution in [0.15, 0.2) is 54.7 Å². The average molecular weight is 279 g/mol. The summed E-state index contributed by atoms with van der Waals surface area (Å²) in [5.41, 5.74) is 3.87. The topological polar surface area (TPSA) is 29.9 Å². The third-order valence-corrected chi connectivity index (χ3v) is 3.73. The molecule has 0 bridgehead atoms. The van der Waals surface area contributed by atoms with Crippen LogP contribution >= 0.6 is 0 Å². The van der Waals surface area contributed by atoms with Crippen LogP contribution in [0.3, 0.4) is 0 Å². The Morgan fingerprint density at radius 2 is 1.76 bits per heavy atom. The Labute approximate surface area is 125 Å². The lowest BCUT2D eigenvalue weighted by Crippen LogP contribution is -2.16. The molecule has 2 aromatic carbocycles. The van der Waals surface area contributed by atoms with Crippen molar-refractivity contribution in [2.24, 2.45) is 0 Å². The van der Waals surface area contributed by atoms with Crippen LogP contribution in [-0.4, -0.2) is 16.3 Å². The van der Waals surface area contributed by atoms with Gasteiger partial charge in [-0.05, 0) is 30.2 Å². The third-order valence-electron chi connectivity index (χ3n) is 3.73. The smallest absolute Gasteiger partial charge is 0.0686 e. The van der Waals surface area contributed by atoms with Crippen molar-refractivity contribution in [1.82, 2.24) is 15.1 Å². The molecule has 0 aliphatic heterocycles. The number of benzene rings is 2. The minimum Gasteiger partial charge on any atom is -0.313 e. The summed E-state index contributed by atoms with van der Waals surface area (Å²) in [6.07, 6.45) is 3.10. The Kier molecular flexibility index (Phi) is 4.31. The molecule has 0 aliphatic carbocycles. The van der Waals surface area contributed by atoms with Gasteiger partial charge in [0.1, 0.15) is 0 Å². The maximum atomic E-state index is 4.52. The highest BCUT2D eigenvalue weighted by atomic mass is 15.3. The monoisotopic (exact) mass is 279 g/mol. The maximum Gasteiger partial charge on any atom is 0.0686 e. The molecule has 1 N–H and O–H groups in total. The van der Waals surface area contributed by atoms with Crippen LogP contribution in [0.4, 0.5) is 0 Å². The van der Waals surface area contributed by atoms with Gasteiger partial charge >= 0.3 is 0 Å². The number of para-hydroxylation sites is 1. The highest BCUT2D eigenvalue weighted by molar-refractivity contribution is 5.78.